The Labute approximate surface area is 153 Å². The van der Waals surface area contributed by atoms with Crippen LogP contribution in [0.5, 0.6) is 0 Å². The van der Waals surface area contributed by atoms with Crippen molar-refractivity contribution in [2.24, 2.45) is 0 Å². The highest BCUT2D eigenvalue weighted by atomic mass is 35.5. The third-order valence-electron chi connectivity index (χ3n) is 4.92. The molecule has 2 N–H and O–H groups in total. The molecule has 0 spiro atoms. The summed E-state index contributed by atoms with van der Waals surface area (Å²) in [6.07, 6.45) is 1.11. The quantitative estimate of drug-likeness (QED) is 0.841. The van der Waals surface area contributed by atoms with Gasteiger partial charge in [-0.2, -0.15) is 0 Å². The zero-order valence-corrected chi connectivity index (χ0v) is 15.1. The molecule has 25 heavy (non-hydrogen) atoms. The fourth-order valence-corrected chi connectivity index (χ4v) is 3.45. The first-order chi connectivity index (χ1) is 12.0. The van der Waals surface area contributed by atoms with Crippen LogP contribution in [0, 0.1) is 6.92 Å². The van der Waals surface area contributed by atoms with Gasteiger partial charge in [-0.05, 0) is 43.0 Å². The topological polar surface area (TPSA) is 52.6 Å². The summed E-state index contributed by atoms with van der Waals surface area (Å²) < 4.78 is 0. The number of aryl methyl sites for hydroxylation is 1. The summed E-state index contributed by atoms with van der Waals surface area (Å²) in [6, 6.07) is 15.9. The second-order valence-electron chi connectivity index (χ2n) is 6.74. The Morgan fingerprint density at radius 1 is 1.20 bits per heavy atom. The fraction of sp³-hybridized carbons (Fsp3) is 0.350. The predicted molar refractivity (Wildman–Crippen MR) is 101 cm³/mol. The van der Waals surface area contributed by atoms with Crippen LogP contribution in [0.1, 0.15) is 24.0 Å². The number of nitrogens with zero attached hydrogens (tertiary/aromatic N) is 1. The molecule has 0 bridgehead atoms. The summed E-state index contributed by atoms with van der Waals surface area (Å²) in [6.45, 7) is 4.27. The number of carboxylic acid groups (broad SMARTS) is 1. The largest absolute Gasteiger partial charge is 0.480 e. The minimum Gasteiger partial charge on any atom is -0.480 e. The van der Waals surface area contributed by atoms with E-state index in [-0.39, 0.29) is 0 Å². The normalized spacial score (nSPS) is 17.2. The lowest BCUT2D eigenvalue weighted by Crippen LogP contribution is -2.54. The van der Waals surface area contributed by atoms with Gasteiger partial charge in [-0.15, -0.1) is 0 Å². The van der Waals surface area contributed by atoms with E-state index < -0.39 is 11.5 Å². The van der Waals surface area contributed by atoms with Gasteiger partial charge in [-0.3, -0.25) is 4.90 Å². The number of halogens is 1. The van der Waals surface area contributed by atoms with Crippen molar-refractivity contribution in [3.63, 3.8) is 0 Å². The molecule has 4 nitrogen and oxygen atoms in total. The van der Waals surface area contributed by atoms with Crippen LogP contribution in [0.15, 0.2) is 48.5 Å². The monoisotopic (exact) mass is 358 g/mol. The minimum absolute atomic E-state index is 0.556. The molecule has 0 aliphatic carbocycles. The zero-order valence-electron chi connectivity index (χ0n) is 14.3. The summed E-state index contributed by atoms with van der Waals surface area (Å²) in [5, 5.41) is 13.7. The van der Waals surface area contributed by atoms with Crippen LogP contribution in [-0.4, -0.2) is 34.6 Å². The summed E-state index contributed by atoms with van der Waals surface area (Å²) in [5.74, 6) is -0.802. The van der Waals surface area contributed by atoms with Crippen molar-refractivity contribution >= 4 is 23.3 Å². The smallest absolute Gasteiger partial charge is 0.329 e. The molecule has 0 unspecified atom stereocenters. The molecule has 0 radical (unpaired) electrons. The number of benzene rings is 2. The van der Waals surface area contributed by atoms with Gasteiger partial charge in [-0.25, -0.2) is 4.79 Å². The van der Waals surface area contributed by atoms with E-state index in [0.717, 1.165) is 30.9 Å². The van der Waals surface area contributed by atoms with Crippen LogP contribution in [0.25, 0.3) is 0 Å². The number of hydrogen-bond acceptors (Lipinski definition) is 3. The Morgan fingerprint density at radius 2 is 1.88 bits per heavy atom. The molecule has 1 aliphatic rings. The number of nitrogens with one attached hydrogen (secondary N) is 1. The molecule has 0 atom stereocenters. The average molecular weight is 359 g/mol. The van der Waals surface area contributed by atoms with E-state index in [1.807, 2.05) is 37.3 Å². The maximum absolute atomic E-state index is 12.0. The van der Waals surface area contributed by atoms with Gasteiger partial charge in [-0.1, -0.05) is 48.0 Å². The molecule has 1 fully saturated rings. The number of piperidine rings is 1. The van der Waals surface area contributed by atoms with Gasteiger partial charge in [0.1, 0.15) is 5.54 Å². The Hall–Kier alpha value is -2.04. The van der Waals surface area contributed by atoms with Gasteiger partial charge in [0.15, 0.2) is 0 Å². The van der Waals surface area contributed by atoms with Crippen LogP contribution >= 0.6 is 11.6 Å². The molecule has 2 aromatic rings. The summed E-state index contributed by atoms with van der Waals surface area (Å²) in [7, 11) is 0. The molecule has 132 valence electrons. The number of hydrogen-bond donors (Lipinski definition) is 2. The molecule has 0 amide bonds. The third-order valence-corrected chi connectivity index (χ3v) is 5.33. The zero-order chi connectivity index (χ0) is 17.9. The van der Waals surface area contributed by atoms with Crippen molar-refractivity contribution < 1.29 is 9.90 Å². The molecule has 5 heteroatoms. The molecule has 1 aliphatic heterocycles. The lowest BCUT2D eigenvalue weighted by Gasteiger charge is -2.40. The standard InChI is InChI=1S/C20H23ClN2O2/c1-15-7-8-17(13-18(15)21)22-20(19(24)25)9-11-23(12-10-20)14-16-5-3-2-4-6-16/h2-8,13,22H,9-12,14H2,1H3,(H,24,25). The highest BCUT2D eigenvalue weighted by molar-refractivity contribution is 6.31. The lowest BCUT2D eigenvalue weighted by molar-refractivity contribution is -0.144. The molecule has 1 saturated heterocycles. The molecule has 1 heterocycles. The highest BCUT2D eigenvalue weighted by Crippen LogP contribution is 2.30. The first-order valence-corrected chi connectivity index (χ1v) is 8.90. The molecule has 0 aromatic heterocycles. The Bertz CT molecular complexity index is 741. The minimum atomic E-state index is -0.939. The van der Waals surface area contributed by atoms with Crippen LogP contribution in [0.4, 0.5) is 5.69 Å². The van der Waals surface area contributed by atoms with Gasteiger partial charge in [0.2, 0.25) is 0 Å². The van der Waals surface area contributed by atoms with Crippen LogP contribution < -0.4 is 5.32 Å². The van der Waals surface area contributed by atoms with E-state index in [1.165, 1.54) is 5.56 Å². The first kappa shape index (κ1) is 17.8. The number of rotatable bonds is 5. The van der Waals surface area contributed by atoms with Gasteiger partial charge in [0.25, 0.3) is 0 Å². The van der Waals surface area contributed by atoms with Gasteiger partial charge in [0, 0.05) is 30.3 Å². The highest BCUT2D eigenvalue weighted by Gasteiger charge is 2.41. The molecular formula is C20H23ClN2O2. The van der Waals surface area contributed by atoms with Gasteiger partial charge < -0.3 is 10.4 Å². The lowest BCUT2D eigenvalue weighted by atomic mass is 9.87. The van der Waals surface area contributed by atoms with Crippen molar-refractivity contribution in [2.45, 2.75) is 31.8 Å². The summed E-state index contributed by atoms with van der Waals surface area (Å²) in [4.78, 5) is 14.3. The van der Waals surface area contributed by atoms with Gasteiger partial charge >= 0.3 is 5.97 Å². The van der Waals surface area contributed by atoms with E-state index in [1.54, 1.807) is 6.07 Å². The van der Waals surface area contributed by atoms with Crippen molar-refractivity contribution in [2.75, 3.05) is 18.4 Å². The molecular weight excluding hydrogens is 336 g/mol. The van der Waals surface area contributed by atoms with Crippen molar-refractivity contribution in [3.05, 3.63) is 64.7 Å². The van der Waals surface area contributed by atoms with Crippen LogP contribution in [0.2, 0.25) is 5.02 Å². The first-order valence-electron chi connectivity index (χ1n) is 8.52. The number of aliphatic carboxylic acids is 1. The van der Waals surface area contributed by atoms with E-state index in [0.29, 0.717) is 17.9 Å². The van der Waals surface area contributed by atoms with Gasteiger partial charge in [0.05, 0.1) is 0 Å². The van der Waals surface area contributed by atoms with Crippen molar-refractivity contribution in [1.82, 2.24) is 4.90 Å². The molecule has 0 saturated carbocycles. The van der Waals surface area contributed by atoms with Crippen LogP contribution in [0.3, 0.4) is 0 Å². The van der Waals surface area contributed by atoms with E-state index in [9.17, 15) is 9.90 Å². The average Bonchev–Trinajstić information content (AvgIpc) is 2.61. The maximum atomic E-state index is 12.0. The third kappa shape index (κ3) is 4.14. The van der Waals surface area contributed by atoms with Crippen molar-refractivity contribution in [3.8, 4) is 0 Å². The fourth-order valence-electron chi connectivity index (χ4n) is 3.27. The predicted octanol–water partition coefficient (Wildman–Crippen LogP) is 4.18. The second kappa shape index (κ2) is 7.46. The second-order valence-corrected chi connectivity index (χ2v) is 7.15. The maximum Gasteiger partial charge on any atom is 0.329 e. The van der Waals surface area contributed by atoms with E-state index in [4.69, 9.17) is 11.6 Å². The Balaban J connectivity index is 1.68. The Kier molecular flexibility index (Phi) is 5.30. The summed E-state index contributed by atoms with van der Waals surface area (Å²) >= 11 is 6.17. The number of carboxylic acids is 1. The van der Waals surface area contributed by atoms with E-state index in [2.05, 4.69) is 22.3 Å². The SMILES string of the molecule is Cc1ccc(NC2(C(=O)O)CCN(Cc3ccccc3)CC2)cc1Cl. The van der Waals surface area contributed by atoms with Crippen LogP contribution in [-0.2, 0) is 11.3 Å². The summed E-state index contributed by atoms with van der Waals surface area (Å²) in [5.41, 5.74) is 2.05. The number of likely N-dealkylation sites (tertiary alicyclic amines) is 1. The number of carbonyl (C=O) groups is 1. The number of anilines is 1. The molecule has 3 rings (SSSR count). The van der Waals surface area contributed by atoms with Crippen molar-refractivity contribution in [1.29, 1.82) is 0 Å². The molecule has 2 aromatic carbocycles. The van der Waals surface area contributed by atoms with E-state index >= 15 is 0 Å². The Morgan fingerprint density at radius 3 is 2.48 bits per heavy atom.